The van der Waals surface area contributed by atoms with Gasteiger partial charge in [-0.1, -0.05) is 40.2 Å². The topological polar surface area (TPSA) is 79.0 Å². The third kappa shape index (κ3) is 7.42. The molecule has 1 saturated heterocycles. The number of carbonyl (C=O) groups excluding carboxylic acids is 3. The molecule has 0 saturated carbocycles. The highest BCUT2D eigenvalue weighted by Gasteiger charge is 2.38. The van der Waals surface area contributed by atoms with E-state index in [2.05, 4.69) is 17.1 Å². The molecular weight excluding hydrogens is 382 g/mol. The molecule has 1 unspecified atom stereocenters. The van der Waals surface area contributed by atoms with Crippen LogP contribution < -0.4 is 5.32 Å². The first-order valence-electron chi connectivity index (χ1n) is 11.0. The van der Waals surface area contributed by atoms with Crippen molar-refractivity contribution in [2.45, 2.75) is 72.9 Å². The zero-order valence-corrected chi connectivity index (χ0v) is 20.1. The Morgan fingerprint density at radius 2 is 1.87 bits per heavy atom. The van der Waals surface area contributed by atoms with Gasteiger partial charge in [-0.3, -0.25) is 14.5 Å². The van der Waals surface area contributed by atoms with E-state index in [0.29, 0.717) is 18.1 Å². The zero-order valence-electron chi connectivity index (χ0n) is 20.1. The number of carbonyl (C=O) groups is 3. The van der Waals surface area contributed by atoms with Gasteiger partial charge in [0.05, 0.1) is 12.6 Å². The Morgan fingerprint density at radius 1 is 1.23 bits per heavy atom. The molecule has 1 aliphatic rings. The van der Waals surface area contributed by atoms with Crippen LogP contribution in [-0.4, -0.2) is 73.5 Å². The number of nitrogens with one attached hydrogen (secondary N) is 1. The molecule has 0 aromatic rings. The highest BCUT2D eigenvalue weighted by atomic mass is 16.5. The summed E-state index contributed by atoms with van der Waals surface area (Å²) in [6, 6.07) is -0.856. The van der Waals surface area contributed by atoms with E-state index in [9.17, 15) is 14.4 Å². The number of hydrogen-bond donors (Lipinski definition) is 1. The molecule has 1 aliphatic heterocycles. The maximum absolute atomic E-state index is 13.1. The molecule has 0 aromatic heterocycles. The number of piperidine rings is 1. The molecule has 1 fully saturated rings. The smallest absolute Gasteiger partial charge is 0.333 e. The van der Waals surface area contributed by atoms with Crippen molar-refractivity contribution in [3.63, 3.8) is 0 Å². The van der Waals surface area contributed by atoms with Crippen molar-refractivity contribution in [3.8, 4) is 0 Å². The van der Waals surface area contributed by atoms with Crippen LogP contribution in [0.2, 0.25) is 0 Å². The van der Waals surface area contributed by atoms with E-state index in [-0.39, 0.29) is 30.4 Å². The van der Waals surface area contributed by atoms with E-state index in [0.717, 1.165) is 25.8 Å². The SMILES string of the molecule is CCOC(=O)/C(C)=C/CN(C)C(=O)C(NC(=O)[C@@H]1CC[C@H](CC)CN1C)C(C)(C)C. The fourth-order valence-corrected chi connectivity index (χ4v) is 3.70. The molecule has 0 radical (unpaired) electrons. The monoisotopic (exact) mass is 423 g/mol. The van der Waals surface area contributed by atoms with Gasteiger partial charge < -0.3 is 15.0 Å². The molecule has 0 aliphatic carbocycles. The molecule has 0 bridgehead atoms. The fraction of sp³-hybridized carbons (Fsp3) is 0.783. The van der Waals surface area contributed by atoms with Crippen LogP contribution in [0, 0.1) is 11.3 Å². The molecular formula is C23H41N3O4. The summed E-state index contributed by atoms with van der Waals surface area (Å²) >= 11 is 0. The highest BCUT2D eigenvalue weighted by molar-refractivity contribution is 5.91. The maximum atomic E-state index is 13.1. The molecule has 7 nitrogen and oxygen atoms in total. The second kappa shape index (κ2) is 11.5. The van der Waals surface area contributed by atoms with Crippen LogP contribution in [0.3, 0.4) is 0 Å². The van der Waals surface area contributed by atoms with Crippen LogP contribution in [0.15, 0.2) is 11.6 Å². The van der Waals surface area contributed by atoms with Gasteiger partial charge in [0, 0.05) is 25.7 Å². The van der Waals surface area contributed by atoms with Gasteiger partial charge in [0.2, 0.25) is 11.8 Å². The number of likely N-dealkylation sites (N-methyl/N-ethyl adjacent to an activating group) is 2. The first kappa shape index (κ1) is 26.1. The predicted molar refractivity (Wildman–Crippen MR) is 119 cm³/mol. The van der Waals surface area contributed by atoms with Gasteiger partial charge in [0.15, 0.2) is 0 Å². The zero-order chi connectivity index (χ0) is 23.1. The number of hydrogen-bond acceptors (Lipinski definition) is 5. The average Bonchev–Trinajstić information content (AvgIpc) is 2.68. The van der Waals surface area contributed by atoms with Gasteiger partial charge in [0.1, 0.15) is 6.04 Å². The van der Waals surface area contributed by atoms with Crippen LogP contribution in [0.1, 0.15) is 60.8 Å². The van der Waals surface area contributed by atoms with Crippen LogP contribution in [0.4, 0.5) is 0 Å². The van der Waals surface area contributed by atoms with Crippen LogP contribution in [0.5, 0.6) is 0 Å². The molecule has 0 aromatic carbocycles. The van der Waals surface area contributed by atoms with E-state index in [1.165, 1.54) is 4.90 Å². The average molecular weight is 424 g/mol. The van der Waals surface area contributed by atoms with Crippen molar-refractivity contribution >= 4 is 17.8 Å². The number of likely N-dealkylation sites (tertiary alicyclic amines) is 1. The van der Waals surface area contributed by atoms with E-state index < -0.39 is 11.5 Å². The molecule has 172 valence electrons. The van der Waals surface area contributed by atoms with Gasteiger partial charge in [-0.2, -0.15) is 0 Å². The molecule has 1 rings (SSSR count). The Hall–Kier alpha value is -1.89. The van der Waals surface area contributed by atoms with Gasteiger partial charge in [-0.05, 0) is 45.1 Å². The summed E-state index contributed by atoms with van der Waals surface area (Å²) in [5.41, 5.74) is 0.0160. The van der Waals surface area contributed by atoms with Crippen LogP contribution in [-0.2, 0) is 19.1 Å². The lowest BCUT2D eigenvalue weighted by Crippen LogP contribution is -2.58. The summed E-state index contributed by atoms with van der Waals surface area (Å²) in [6.45, 7) is 12.9. The lowest BCUT2D eigenvalue weighted by atomic mass is 9.85. The van der Waals surface area contributed by atoms with E-state index >= 15 is 0 Å². The van der Waals surface area contributed by atoms with Crippen molar-refractivity contribution in [3.05, 3.63) is 11.6 Å². The maximum Gasteiger partial charge on any atom is 0.333 e. The lowest BCUT2D eigenvalue weighted by molar-refractivity contribution is -0.140. The largest absolute Gasteiger partial charge is 0.463 e. The van der Waals surface area contributed by atoms with Crippen LogP contribution >= 0.6 is 0 Å². The minimum atomic E-state index is -0.649. The Morgan fingerprint density at radius 3 is 2.37 bits per heavy atom. The third-order valence-corrected chi connectivity index (χ3v) is 5.85. The normalized spacial score (nSPS) is 21.7. The van der Waals surface area contributed by atoms with Crippen LogP contribution in [0.25, 0.3) is 0 Å². The van der Waals surface area contributed by atoms with E-state index in [1.54, 1.807) is 27.0 Å². The molecule has 7 heteroatoms. The predicted octanol–water partition coefficient (Wildman–Crippen LogP) is 2.61. The Labute approximate surface area is 182 Å². The number of amides is 2. The highest BCUT2D eigenvalue weighted by Crippen LogP contribution is 2.25. The first-order valence-corrected chi connectivity index (χ1v) is 11.0. The molecule has 3 atom stereocenters. The van der Waals surface area contributed by atoms with Crippen molar-refractivity contribution in [2.24, 2.45) is 11.3 Å². The first-order chi connectivity index (χ1) is 13.9. The summed E-state index contributed by atoms with van der Waals surface area (Å²) in [7, 11) is 3.66. The summed E-state index contributed by atoms with van der Waals surface area (Å²) in [4.78, 5) is 41.6. The minimum Gasteiger partial charge on any atom is -0.463 e. The van der Waals surface area contributed by atoms with Gasteiger partial charge in [-0.15, -0.1) is 0 Å². The van der Waals surface area contributed by atoms with Gasteiger partial charge in [0.25, 0.3) is 0 Å². The number of esters is 1. The van der Waals surface area contributed by atoms with E-state index in [1.807, 2.05) is 27.8 Å². The fourth-order valence-electron chi connectivity index (χ4n) is 3.70. The minimum absolute atomic E-state index is 0.0908. The number of ether oxygens (including phenoxy) is 1. The number of rotatable bonds is 8. The molecule has 30 heavy (non-hydrogen) atoms. The van der Waals surface area contributed by atoms with Gasteiger partial charge in [-0.25, -0.2) is 4.79 Å². The van der Waals surface area contributed by atoms with Crippen molar-refractivity contribution in [2.75, 3.05) is 33.8 Å². The Kier molecular flexibility index (Phi) is 10.0. The molecule has 2 amide bonds. The summed E-state index contributed by atoms with van der Waals surface area (Å²) in [5.74, 6) is -0.0231. The third-order valence-electron chi connectivity index (χ3n) is 5.85. The molecule has 1 heterocycles. The Bertz CT molecular complexity index is 639. The second-order valence-electron chi connectivity index (χ2n) is 9.44. The standard InChI is InChI=1S/C23H41N3O4/c1-9-17-11-12-18(26(8)15-17)20(27)24-19(23(4,5)6)21(28)25(7)14-13-16(3)22(29)30-10-2/h13,17-19H,9-12,14-15H2,1-8H3,(H,24,27)/b16-13+/t17-,18-,19?/m0/s1. The summed E-state index contributed by atoms with van der Waals surface area (Å²) in [6.07, 6.45) is 4.64. The lowest BCUT2D eigenvalue weighted by Gasteiger charge is -2.39. The quantitative estimate of drug-likeness (QED) is 0.480. The summed E-state index contributed by atoms with van der Waals surface area (Å²) in [5, 5.41) is 3.02. The second-order valence-corrected chi connectivity index (χ2v) is 9.44. The van der Waals surface area contributed by atoms with Crippen molar-refractivity contribution in [1.82, 2.24) is 15.1 Å². The van der Waals surface area contributed by atoms with E-state index in [4.69, 9.17) is 4.74 Å². The van der Waals surface area contributed by atoms with Crippen molar-refractivity contribution in [1.29, 1.82) is 0 Å². The number of nitrogens with zero attached hydrogens (tertiary/aromatic N) is 2. The van der Waals surface area contributed by atoms with Crippen molar-refractivity contribution < 1.29 is 19.1 Å². The van der Waals surface area contributed by atoms with Gasteiger partial charge >= 0.3 is 5.97 Å². The summed E-state index contributed by atoms with van der Waals surface area (Å²) < 4.78 is 4.97. The Balaban J connectivity index is 2.84. The molecule has 0 spiro atoms. The molecule has 1 N–H and O–H groups in total.